The monoisotopic (exact) mass is 322 g/mol. The van der Waals surface area contributed by atoms with Gasteiger partial charge in [-0.2, -0.15) is 11.3 Å². The van der Waals surface area contributed by atoms with Crippen LogP contribution < -0.4 is 10.1 Å². The van der Waals surface area contributed by atoms with Crippen molar-refractivity contribution in [3.05, 3.63) is 52.0 Å². The number of hydrogen-bond acceptors (Lipinski definition) is 4. The van der Waals surface area contributed by atoms with Crippen LogP contribution in [0.25, 0.3) is 0 Å². The fourth-order valence-corrected chi connectivity index (χ4v) is 2.87. The number of methoxy groups -OCH3 is 1. The number of ether oxygens (including phenoxy) is 1. The molecule has 0 fully saturated rings. The van der Waals surface area contributed by atoms with Crippen LogP contribution in [0.4, 0.5) is 4.39 Å². The molecule has 1 atom stereocenters. The lowest BCUT2D eigenvalue weighted by Gasteiger charge is -2.24. The molecule has 0 saturated carbocycles. The Kier molecular flexibility index (Phi) is 5.51. The molecule has 0 aliphatic heterocycles. The predicted octanol–water partition coefficient (Wildman–Crippen LogP) is 2.93. The van der Waals surface area contributed by atoms with E-state index in [1.807, 2.05) is 30.4 Å². The molecule has 22 heavy (non-hydrogen) atoms. The zero-order chi connectivity index (χ0) is 16.1. The summed E-state index contributed by atoms with van der Waals surface area (Å²) < 4.78 is 18.5. The highest BCUT2D eigenvalue weighted by Crippen LogP contribution is 2.21. The van der Waals surface area contributed by atoms with Crippen molar-refractivity contribution in [2.45, 2.75) is 6.04 Å². The van der Waals surface area contributed by atoms with Gasteiger partial charge in [0, 0.05) is 12.1 Å². The molecule has 4 nitrogen and oxygen atoms in total. The standard InChI is InChI=1S/C16H19FN2O2S/c1-19(2)14(12-6-7-22-10-12)9-18-16(20)11-4-5-15(21-3)13(17)8-11/h4-8,10,14H,9H2,1-3H3,(H,18,20)/t14-/m1/s1. The summed E-state index contributed by atoms with van der Waals surface area (Å²) in [5.41, 5.74) is 1.43. The molecule has 1 heterocycles. The van der Waals surface area contributed by atoms with E-state index in [1.165, 1.54) is 19.2 Å². The Balaban J connectivity index is 2.04. The second-order valence-corrected chi connectivity index (χ2v) is 5.88. The number of thiophene rings is 1. The van der Waals surface area contributed by atoms with Gasteiger partial charge in [-0.3, -0.25) is 4.79 Å². The molecule has 2 rings (SSSR count). The summed E-state index contributed by atoms with van der Waals surface area (Å²) in [5, 5.41) is 6.92. The van der Waals surface area contributed by atoms with Gasteiger partial charge in [0.15, 0.2) is 11.6 Å². The lowest BCUT2D eigenvalue weighted by molar-refractivity contribution is 0.0941. The molecule has 1 N–H and O–H groups in total. The molecular weight excluding hydrogens is 303 g/mol. The van der Waals surface area contributed by atoms with E-state index in [1.54, 1.807) is 17.4 Å². The van der Waals surface area contributed by atoms with Gasteiger partial charge in [-0.25, -0.2) is 4.39 Å². The average molecular weight is 322 g/mol. The maximum Gasteiger partial charge on any atom is 0.251 e. The highest BCUT2D eigenvalue weighted by atomic mass is 32.1. The lowest BCUT2D eigenvalue weighted by atomic mass is 10.1. The van der Waals surface area contributed by atoms with Gasteiger partial charge in [0.05, 0.1) is 13.2 Å². The molecule has 0 radical (unpaired) electrons. The molecule has 0 unspecified atom stereocenters. The van der Waals surface area contributed by atoms with E-state index in [2.05, 4.69) is 10.7 Å². The van der Waals surface area contributed by atoms with Crippen LogP contribution in [0, 0.1) is 5.82 Å². The first-order valence-corrected chi connectivity index (χ1v) is 7.77. The number of likely N-dealkylation sites (N-methyl/N-ethyl adjacent to an activating group) is 1. The summed E-state index contributed by atoms with van der Waals surface area (Å²) in [7, 11) is 5.31. The van der Waals surface area contributed by atoms with Crippen LogP contribution in [0.5, 0.6) is 5.75 Å². The van der Waals surface area contributed by atoms with Gasteiger partial charge < -0.3 is 15.0 Å². The van der Waals surface area contributed by atoms with E-state index in [-0.39, 0.29) is 23.3 Å². The Morgan fingerprint density at radius 3 is 2.73 bits per heavy atom. The first-order valence-electron chi connectivity index (χ1n) is 6.83. The topological polar surface area (TPSA) is 41.6 Å². The number of carbonyl (C=O) groups is 1. The number of rotatable bonds is 6. The smallest absolute Gasteiger partial charge is 0.251 e. The number of amides is 1. The summed E-state index contributed by atoms with van der Waals surface area (Å²) in [6.45, 7) is 0.455. The Morgan fingerprint density at radius 1 is 1.41 bits per heavy atom. The second kappa shape index (κ2) is 7.38. The first kappa shape index (κ1) is 16.5. The van der Waals surface area contributed by atoms with Gasteiger partial charge in [0.1, 0.15) is 0 Å². The maximum atomic E-state index is 13.6. The van der Waals surface area contributed by atoms with Crippen molar-refractivity contribution in [3.8, 4) is 5.75 Å². The third-order valence-electron chi connectivity index (χ3n) is 3.42. The van der Waals surface area contributed by atoms with E-state index in [4.69, 9.17) is 4.74 Å². The van der Waals surface area contributed by atoms with E-state index < -0.39 is 5.82 Å². The van der Waals surface area contributed by atoms with Gasteiger partial charge in [0.2, 0.25) is 0 Å². The van der Waals surface area contributed by atoms with Crippen molar-refractivity contribution in [1.29, 1.82) is 0 Å². The summed E-state index contributed by atoms with van der Waals surface area (Å²) in [4.78, 5) is 14.2. The van der Waals surface area contributed by atoms with Crippen LogP contribution in [0.3, 0.4) is 0 Å². The van der Waals surface area contributed by atoms with Crippen molar-refractivity contribution in [1.82, 2.24) is 10.2 Å². The van der Waals surface area contributed by atoms with Crippen molar-refractivity contribution in [2.75, 3.05) is 27.7 Å². The molecule has 0 aliphatic rings. The zero-order valence-electron chi connectivity index (χ0n) is 12.8. The van der Waals surface area contributed by atoms with E-state index >= 15 is 0 Å². The highest BCUT2D eigenvalue weighted by Gasteiger charge is 2.17. The van der Waals surface area contributed by atoms with Gasteiger partial charge >= 0.3 is 0 Å². The van der Waals surface area contributed by atoms with Gasteiger partial charge in [-0.15, -0.1) is 0 Å². The maximum absolute atomic E-state index is 13.6. The van der Waals surface area contributed by atoms with Crippen LogP contribution in [0.1, 0.15) is 22.0 Å². The summed E-state index contributed by atoms with van der Waals surface area (Å²) in [6, 6.07) is 6.30. The molecule has 1 aromatic carbocycles. The van der Waals surface area contributed by atoms with Crippen LogP contribution >= 0.6 is 11.3 Å². The number of nitrogens with zero attached hydrogens (tertiary/aromatic N) is 1. The Hall–Kier alpha value is -1.92. The molecule has 118 valence electrons. The van der Waals surface area contributed by atoms with Crippen molar-refractivity contribution < 1.29 is 13.9 Å². The zero-order valence-corrected chi connectivity index (χ0v) is 13.6. The third kappa shape index (κ3) is 3.84. The minimum atomic E-state index is -0.544. The molecule has 1 amide bonds. The lowest BCUT2D eigenvalue weighted by Crippen LogP contribution is -2.34. The molecule has 0 bridgehead atoms. The number of carbonyl (C=O) groups excluding carboxylic acids is 1. The van der Waals surface area contributed by atoms with E-state index in [0.29, 0.717) is 6.54 Å². The quantitative estimate of drug-likeness (QED) is 0.889. The Labute approximate surface area is 133 Å². The molecule has 0 aliphatic carbocycles. The number of hydrogen-bond donors (Lipinski definition) is 1. The molecule has 0 saturated heterocycles. The third-order valence-corrected chi connectivity index (χ3v) is 4.12. The summed E-state index contributed by atoms with van der Waals surface area (Å²) in [6.07, 6.45) is 0. The average Bonchev–Trinajstić information content (AvgIpc) is 3.00. The molecule has 2 aromatic rings. The van der Waals surface area contributed by atoms with Crippen LogP contribution in [0.2, 0.25) is 0 Å². The molecular formula is C16H19FN2O2S. The summed E-state index contributed by atoms with van der Waals surface area (Å²) in [5.74, 6) is -0.721. The molecule has 0 spiro atoms. The van der Waals surface area contributed by atoms with Crippen molar-refractivity contribution in [3.63, 3.8) is 0 Å². The second-order valence-electron chi connectivity index (χ2n) is 5.10. The molecule has 6 heteroatoms. The Morgan fingerprint density at radius 2 is 2.18 bits per heavy atom. The van der Waals surface area contributed by atoms with Crippen LogP contribution in [-0.2, 0) is 0 Å². The number of benzene rings is 1. The fraction of sp³-hybridized carbons (Fsp3) is 0.312. The first-order chi connectivity index (χ1) is 10.5. The normalized spacial score (nSPS) is 12.2. The number of halogens is 1. The minimum Gasteiger partial charge on any atom is -0.494 e. The predicted molar refractivity (Wildman–Crippen MR) is 86.0 cm³/mol. The highest BCUT2D eigenvalue weighted by molar-refractivity contribution is 7.07. The van der Waals surface area contributed by atoms with Crippen molar-refractivity contribution in [2.24, 2.45) is 0 Å². The number of nitrogens with one attached hydrogen (secondary N) is 1. The van der Waals surface area contributed by atoms with Crippen LogP contribution in [-0.4, -0.2) is 38.6 Å². The fourth-order valence-electron chi connectivity index (χ4n) is 2.16. The minimum absolute atomic E-state index is 0.0818. The van der Waals surface area contributed by atoms with Gasteiger partial charge in [-0.1, -0.05) is 0 Å². The van der Waals surface area contributed by atoms with E-state index in [0.717, 1.165) is 5.56 Å². The van der Waals surface area contributed by atoms with E-state index in [9.17, 15) is 9.18 Å². The SMILES string of the molecule is COc1ccc(C(=O)NC[C@H](c2ccsc2)N(C)C)cc1F. The summed E-state index contributed by atoms with van der Waals surface area (Å²) >= 11 is 1.62. The molecule has 1 aromatic heterocycles. The van der Waals surface area contributed by atoms with Gasteiger partial charge in [-0.05, 0) is 54.7 Å². The van der Waals surface area contributed by atoms with Gasteiger partial charge in [0.25, 0.3) is 5.91 Å². The van der Waals surface area contributed by atoms with Crippen LogP contribution in [0.15, 0.2) is 35.0 Å². The largest absolute Gasteiger partial charge is 0.494 e. The van der Waals surface area contributed by atoms with Crippen molar-refractivity contribution >= 4 is 17.2 Å². The Bertz CT molecular complexity index is 629.